The van der Waals surface area contributed by atoms with Crippen molar-refractivity contribution in [2.75, 3.05) is 0 Å². The van der Waals surface area contributed by atoms with Gasteiger partial charge in [-0.25, -0.2) is 0 Å². The molecule has 150 valence electrons. The second-order valence-electron chi connectivity index (χ2n) is 6.84. The first-order valence-electron chi connectivity index (χ1n) is 9.69. The molecular formula is C22H32O5. The van der Waals surface area contributed by atoms with Crippen molar-refractivity contribution in [2.24, 2.45) is 11.8 Å². The van der Waals surface area contributed by atoms with Crippen molar-refractivity contribution >= 4 is 11.8 Å². The summed E-state index contributed by atoms with van der Waals surface area (Å²) in [5.41, 5.74) is 0. The molecule has 3 N–H and O–H groups in total. The summed E-state index contributed by atoms with van der Waals surface area (Å²) in [7, 11) is 0. The molecule has 0 aromatic carbocycles. The Morgan fingerprint density at radius 1 is 1.15 bits per heavy atom. The number of carbonyl (C=O) groups excluding carboxylic acids is 1. The van der Waals surface area contributed by atoms with Gasteiger partial charge >= 0.3 is 5.97 Å². The van der Waals surface area contributed by atoms with E-state index < -0.39 is 18.2 Å². The molecule has 0 bridgehead atoms. The molecular weight excluding hydrogens is 344 g/mol. The summed E-state index contributed by atoms with van der Waals surface area (Å²) in [5, 5.41) is 28.2. The average Bonchev–Trinajstić information content (AvgIpc) is 2.90. The highest BCUT2D eigenvalue weighted by atomic mass is 16.4. The van der Waals surface area contributed by atoms with E-state index in [1.807, 2.05) is 43.4 Å². The van der Waals surface area contributed by atoms with Gasteiger partial charge < -0.3 is 15.3 Å². The molecule has 5 heteroatoms. The smallest absolute Gasteiger partial charge is 0.303 e. The first-order valence-corrected chi connectivity index (χ1v) is 9.69. The molecule has 0 aromatic heterocycles. The molecule has 0 heterocycles. The van der Waals surface area contributed by atoms with Crippen molar-refractivity contribution < 1.29 is 24.9 Å². The highest BCUT2D eigenvalue weighted by Crippen LogP contribution is 2.33. The zero-order valence-electron chi connectivity index (χ0n) is 16.0. The lowest BCUT2D eigenvalue weighted by atomic mass is 9.90. The number of aliphatic hydroxyl groups excluding tert-OH is 2. The first kappa shape index (κ1) is 23.1. The van der Waals surface area contributed by atoms with Crippen molar-refractivity contribution in [3.05, 3.63) is 48.6 Å². The Morgan fingerprint density at radius 2 is 1.78 bits per heavy atom. The molecule has 27 heavy (non-hydrogen) atoms. The topological polar surface area (TPSA) is 94.8 Å². The van der Waals surface area contributed by atoms with Gasteiger partial charge in [-0.2, -0.15) is 0 Å². The summed E-state index contributed by atoms with van der Waals surface area (Å²) < 4.78 is 0. The van der Waals surface area contributed by atoms with Crippen molar-refractivity contribution in [1.82, 2.24) is 0 Å². The molecule has 1 saturated carbocycles. The molecule has 0 radical (unpaired) electrons. The van der Waals surface area contributed by atoms with E-state index in [-0.39, 0.29) is 30.5 Å². The van der Waals surface area contributed by atoms with E-state index in [0.717, 1.165) is 12.8 Å². The number of hydrogen-bond acceptors (Lipinski definition) is 4. The van der Waals surface area contributed by atoms with E-state index in [4.69, 9.17) is 5.11 Å². The highest BCUT2D eigenvalue weighted by molar-refractivity contribution is 5.84. The lowest BCUT2D eigenvalue weighted by molar-refractivity contribution is -0.136. The van der Waals surface area contributed by atoms with Gasteiger partial charge in [-0.1, -0.05) is 55.5 Å². The monoisotopic (exact) mass is 376 g/mol. The van der Waals surface area contributed by atoms with Crippen molar-refractivity contribution in [2.45, 2.75) is 64.1 Å². The van der Waals surface area contributed by atoms with Crippen LogP contribution in [0.1, 0.15) is 51.9 Å². The van der Waals surface area contributed by atoms with Gasteiger partial charge in [-0.05, 0) is 32.1 Å². The summed E-state index contributed by atoms with van der Waals surface area (Å²) >= 11 is 0. The lowest BCUT2D eigenvalue weighted by Gasteiger charge is -2.16. The zero-order chi connectivity index (χ0) is 20.1. The SMILES string of the molecule is CC[C@H](O)/C=C/[C@@H]1[C@H](O)CC(=O)[C@H]1C/C=C\C/C=C\C/C=C\CCC(=O)O. The normalized spacial score (nSPS) is 24.9. The second kappa shape index (κ2) is 13.2. The number of aliphatic hydroxyl groups is 2. The third-order valence-corrected chi connectivity index (χ3v) is 4.67. The van der Waals surface area contributed by atoms with Crippen LogP contribution in [0.5, 0.6) is 0 Å². The summed E-state index contributed by atoms with van der Waals surface area (Å²) in [6, 6.07) is 0. The van der Waals surface area contributed by atoms with Crippen LogP contribution in [0, 0.1) is 11.8 Å². The van der Waals surface area contributed by atoms with E-state index in [1.54, 1.807) is 12.2 Å². The number of allylic oxidation sites excluding steroid dienone is 6. The fourth-order valence-corrected chi connectivity index (χ4v) is 3.03. The number of rotatable bonds is 12. The molecule has 0 unspecified atom stereocenters. The van der Waals surface area contributed by atoms with Crippen molar-refractivity contribution in [1.29, 1.82) is 0 Å². The molecule has 1 fully saturated rings. The quantitative estimate of drug-likeness (QED) is 0.453. The summed E-state index contributed by atoms with van der Waals surface area (Å²) in [4.78, 5) is 22.5. The molecule has 0 aliphatic heterocycles. The number of carboxylic acids is 1. The third kappa shape index (κ3) is 9.50. The molecule has 5 nitrogen and oxygen atoms in total. The minimum Gasteiger partial charge on any atom is -0.481 e. The van der Waals surface area contributed by atoms with E-state index in [2.05, 4.69) is 0 Å². The van der Waals surface area contributed by atoms with Crippen molar-refractivity contribution in [3.8, 4) is 0 Å². The van der Waals surface area contributed by atoms with Gasteiger partial charge in [0.2, 0.25) is 0 Å². The summed E-state index contributed by atoms with van der Waals surface area (Å²) in [6.07, 6.45) is 17.7. The van der Waals surface area contributed by atoms with Crippen molar-refractivity contribution in [3.63, 3.8) is 0 Å². The molecule has 0 spiro atoms. The Hall–Kier alpha value is -1.98. The second-order valence-corrected chi connectivity index (χ2v) is 6.84. The Bertz CT molecular complexity index is 573. The van der Waals surface area contributed by atoms with Gasteiger partial charge in [0.05, 0.1) is 12.2 Å². The molecule has 0 saturated heterocycles. The molecule has 1 aliphatic rings. The largest absolute Gasteiger partial charge is 0.481 e. The Balaban J connectivity index is 2.35. The average molecular weight is 376 g/mol. The van der Waals surface area contributed by atoms with Crippen LogP contribution in [0.2, 0.25) is 0 Å². The van der Waals surface area contributed by atoms with Crippen LogP contribution in [-0.4, -0.2) is 39.3 Å². The summed E-state index contributed by atoms with van der Waals surface area (Å²) in [5.74, 6) is -1.16. The maximum Gasteiger partial charge on any atom is 0.303 e. The number of carbonyl (C=O) groups is 2. The van der Waals surface area contributed by atoms with Gasteiger partial charge in [0, 0.05) is 24.7 Å². The molecule has 0 aromatic rings. The van der Waals surface area contributed by atoms with Gasteiger partial charge in [0.15, 0.2) is 0 Å². The minimum absolute atomic E-state index is 0.0785. The van der Waals surface area contributed by atoms with E-state index in [1.165, 1.54) is 0 Å². The van der Waals surface area contributed by atoms with Crippen LogP contribution in [0.3, 0.4) is 0 Å². The van der Waals surface area contributed by atoms with Gasteiger partial charge in [0.25, 0.3) is 0 Å². The number of carboxylic acid groups (broad SMARTS) is 1. The maximum atomic E-state index is 12.1. The standard InChI is InChI=1S/C22H32O5/c1-2-17(23)14-15-19-18(20(24)16-21(19)25)12-10-8-6-4-3-5-7-9-11-13-22(26)27/h3-4,7-10,14-15,17-19,21,23,25H,2,5-6,11-13,16H2,1H3,(H,26,27)/b4-3-,9-7-,10-8-,15-14+/t17-,18-,19-,21+/m0/s1. The summed E-state index contributed by atoms with van der Waals surface area (Å²) in [6.45, 7) is 1.88. The van der Waals surface area contributed by atoms with Crippen LogP contribution < -0.4 is 0 Å². The number of Topliss-reactive ketones (excluding diaryl/α,β-unsaturated/α-hetero) is 1. The van der Waals surface area contributed by atoms with Crippen LogP contribution in [0.15, 0.2) is 48.6 Å². The fraction of sp³-hybridized carbons (Fsp3) is 0.545. The number of hydrogen-bond donors (Lipinski definition) is 3. The maximum absolute atomic E-state index is 12.1. The van der Waals surface area contributed by atoms with Gasteiger partial charge in [-0.3, -0.25) is 9.59 Å². The van der Waals surface area contributed by atoms with E-state index in [9.17, 15) is 19.8 Å². The molecule has 1 aliphatic carbocycles. The number of ketones is 1. The highest BCUT2D eigenvalue weighted by Gasteiger charge is 2.39. The molecule has 0 amide bonds. The van der Waals surface area contributed by atoms with E-state index >= 15 is 0 Å². The van der Waals surface area contributed by atoms with Crippen LogP contribution in [-0.2, 0) is 9.59 Å². The van der Waals surface area contributed by atoms with Gasteiger partial charge in [-0.15, -0.1) is 0 Å². The molecule has 1 rings (SSSR count). The molecule has 4 atom stereocenters. The zero-order valence-corrected chi connectivity index (χ0v) is 16.0. The fourth-order valence-electron chi connectivity index (χ4n) is 3.03. The van der Waals surface area contributed by atoms with E-state index in [0.29, 0.717) is 19.3 Å². The third-order valence-electron chi connectivity index (χ3n) is 4.67. The van der Waals surface area contributed by atoms with Crippen LogP contribution >= 0.6 is 0 Å². The predicted molar refractivity (Wildman–Crippen MR) is 106 cm³/mol. The van der Waals surface area contributed by atoms with Gasteiger partial charge in [0.1, 0.15) is 5.78 Å². The Labute approximate surface area is 161 Å². The first-order chi connectivity index (χ1) is 13.0. The van der Waals surface area contributed by atoms with Crippen LogP contribution in [0.4, 0.5) is 0 Å². The van der Waals surface area contributed by atoms with Crippen LogP contribution in [0.25, 0.3) is 0 Å². The Kier molecular flexibility index (Phi) is 11.3. The lowest BCUT2D eigenvalue weighted by Crippen LogP contribution is -2.18. The minimum atomic E-state index is -0.784. The Morgan fingerprint density at radius 3 is 2.41 bits per heavy atom. The number of aliphatic carboxylic acids is 1. The predicted octanol–water partition coefficient (Wildman–Crippen LogP) is 3.58.